The molecule has 2 heterocycles. The number of amides is 1. The largest absolute Gasteiger partial charge is 0.332 e. The lowest BCUT2D eigenvalue weighted by atomic mass is 10.1. The predicted octanol–water partition coefficient (Wildman–Crippen LogP) is 2.45. The number of carbonyl (C=O) groups excluding carboxylic acids is 1. The van der Waals surface area contributed by atoms with Crippen molar-refractivity contribution in [2.75, 3.05) is 4.90 Å². The zero-order chi connectivity index (χ0) is 22.7. The lowest BCUT2D eigenvalue weighted by Gasteiger charge is -2.23. The Hall–Kier alpha value is -3.94. The maximum absolute atomic E-state index is 13.1. The molecule has 8 nitrogen and oxygen atoms in total. The van der Waals surface area contributed by atoms with Crippen LogP contribution in [0.15, 0.2) is 76.6 Å². The van der Waals surface area contributed by atoms with Gasteiger partial charge in [0.15, 0.2) is 11.2 Å². The number of imidazole rings is 1. The molecule has 4 aromatic rings. The third kappa shape index (κ3) is 4.12. The van der Waals surface area contributed by atoms with Gasteiger partial charge in [0.2, 0.25) is 5.91 Å². The van der Waals surface area contributed by atoms with Gasteiger partial charge in [0, 0.05) is 32.7 Å². The van der Waals surface area contributed by atoms with Crippen LogP contribution in [0.2, 0.25) is 0 Å². The van der Waals surface area contributed by atoms with Gasteiger partial charge in [-0.25, -0.2) is 9.78 Å². The number of hydrogen-bond donors (Lipinski definition) is 0. The molecule has 0 N–H and O–H groups in total. The molecule has 0 atom stereocenters. The van der Waals surface area contributed by atoms with Crippen molar-refractivity contribution in [3.63, 3.8) is 0 Å². The number of rotatable bonds is 7. The summed E-state index contributed by atoms with van der Waals surface area (Å²) in [6, 6.07) is 19.5. The van der Waals surface area contributed by atoms with Gasteiger partial charge >= 0.3 is 5.69 Å². The Labute approximate surface area is 185 Å². The molecule has 2 aromatic carbocycles. The Morgan fingerprint density at radius 2 is 1.59 bits per heavy atom. The van der Waals surface area contributed by atoms with Crippen molar-refractivity contribution in [2.45, 2.75) is 25.9 Å². The highest BCUT2D eigenvalue weighted by atomic mass is 16.2. The Morgan fingerprint density at radius 1 is 0.938 bits per heavy atom. The smallest absolute Gasteiger partial charge is 0.325 e. The van der Waals surface area contributed by atoms with E-state index in [0.717, 1.165) is 15.8 Å². The summed E-state index contributed by atoms with van der Waals surface area (Å²) in [5.41, 5.74) is 1.81. The Bertz CT molecular complexity index is 1350. The molecule has 0 aliphatic carbocycles. The first-order valence-corrected chi connectivity index (χ1v) is 10.5. The van der Waals surface area contributed by atoms with Crippen LogP contribution in [-0.4, -0.2) is 24.6 Å². The molecule has 8 heteroatoms. The van der Waals surface area contributed by atoms with Crippen LogP contribution in [0, 0.1) is 0 Å². The maximum atomic E-state index is 13.1. The second-order valence-corrected chi connectivity index (χ2v) is 7.72. The monoisotopic (exact) mass is 431 g/mol. The van der Waals surface area contributed by atoms with Crippen molar-refractivity contribution in [1.82, 2.24) is 18.7 Å². The van der Waals surface area contributed by atoms with Crippen LogP contribution < -0.4 is 16.1 Å². The van der Waals surface area contributed by atoms with Gasteiger partial charge in [-0.05, 0) is 24.1 Å². The highest BCUT2D eigenvalue weighted by Gasteiger charge is 2.17. The fraction of sp³-hybridized carbons (Fsp3) is 0.250. The van der Waals surface area contributed by atoms with E-state index in [1.54, 1.807) is 22.8 Å². The van der Waals surface area contributed by atoms with E-state index in [2.05, 4.69) is 4.98 Å². The van der Waals surface area contributed by atoms with E-state index in [-0.39, 0.29) is 11.5 Å². The molecule has 4 rings (SSSR count). The molecule has 0 unspecified atom stereocenters. The van der Waals surface area contributed by atoms with Crippen molar-refractivity contribution in [3.05, 3.63) is 93.4 Å². The minimum atomic E-state index is -0.414. The highest BCUT2D eigenvalue weighted by Crippen LogP contribution is 2.19. The molecule has 0 saturated heterocycles. The highest BCUT2D eigenvalue weighted by molar-refractivity contribution is 5.93. The molecule has 32 heavy (non-hydrogen) atoms. The number of benzene rings is 2. The first kappa shape index (κ1) is 21.3. The number of carbonyl (C=O) groups is 1. The first-order valence-electron chi connectivity index (χ1n) is 10.5. The van der Waals surface area contributed by atoms with Gasteiger partial charge in [-0.2, -0.15) is 0 Å². The second-order valence-electron chi connectivity index (χ2n) is 7.72. The van der Waals surface area contributed by atoms with E-state index in [1.807, 2.05) is 60.7 Å². The number of hydrogen-bond acceptors (Lipinski definition) is 4. The average Bonchev–Trinajstić information content (AvgIpc) is 3.25. The maximum Gasteiger partial charge on any atom is 0.332 e. The molecule has 0 bridgehead atoms. The number of aryl methyl sites for hydroxylation is 2. The zero-order valence-electron chi connectivity index (χ0n) is 18.1. The van der Waals surface area contributed by atoms with Gasteiger partial charge in [0.25, 0.3) is 5.56 Å². The molecular formula is C24H25N5O3. The summed E-state index contributed by atoms with van der Waals surface area (Å²) in [5, 5.41) is 0. The molecule has 0 aliphatic heterocycles. The number of para-hydroxylation sites is 1. The zero-order valence-corrected chi connectivity index (χ0v) is 18.1. The predicted molar refractivity (Wildman–Crippen MR) is 124 cm³/mol. The van der Waals surface area contributed by atoms with Gasteiger partial charge in [0.05, 0.1) is 12.9 Å². The van der Waals surface area contributed by atoms with Crippen LogP contribution in [0.5, 0.6) is 0 Å². The van der Waals surface area contributed by atoms with E-state index in [9.17, 15) is 14.4 Å². The SMILES string of the molecule is Cn1c(=O)c2c(ncn2CCCC(=O)N(Cc2ccccc2)c2ccccc2)n(C)c1=O. The van der Waals surface area contributed by atoms with Crippen molar-refractivity contribution in [1.29, 1.82) is 0 Å². The van der Waals surface area contributed by atoms with Crippen LogP contribution in [0.4, 0.5) is 5.69 Å². The van der Waals surface area contributed by atoms with Crippen LogP contribution in [0.1, 0.15) is 18.4 Å². The lowest BCUT2D eigenvalue weighted by Crippen LogP contribution is -2.37. The Kier molecular flexibility index (Phi) is 6.02. The molecule has 0 saturated carbocycles. The number of fused-ring (bicyclic) bond motifs is 1. The summed E-state index contributed by atoms with van der Waals surface area (Å²) in [7, 11) is 3.04. The summed E-state index contributed by atoms with van der Waals surface area (Å²) in [4.78, 5) is 43.9. The van der Waals surface area contributed by atoms with E-state index in [0.29, 0.717) is 37.1 Å². The standard InChI is InChI=1S/C24H25N5O3/c1-26-22-21(23(31)27(2)24(26)32)28(17-25-22)15-9-14-20(30)29(19-12-7-4-8-13-19)16-18-10-5-3-6-11-18/h3-8,10-13,17H,9,14-16H2,1-2H3. The lowest BCUT2D eigenvalue weighted by molar-refractivity contribution is -0.118. The summed E-state index contributed by atoms with van der Waals surface area (Å²) in [6.07, 6.45) is 2.40. The Balaban J connectivity index is 1.52. The van der Waals surface area contributed by atoms with Crippen LogP contribution in [-0.2, 0) is 32.0 Å². The molecule has 1 amide bonds. The van der Waals surface area contributed by atoms with Crippen molar-refractivity contribution in [3.8, 4) is 0 Å². The van der Waals surface area contributed by atoms with E-state index >= 15 is 0 Å². The van der Waals surface area contributed by atoms with Crippen molar-refractivity contribution >= 4 is 22.8 Å². The molecule has 2 aromatic heterocycles. The fourth-order valence-corrected chi connectivity index (χ4v) is 3.80. The Morgan fingerprint density at radius 3 is 2.28 bits per heavy atom. The minimum Gasteiger partial charge on any atom is -0.325 e. The molecule has 0 radical (unpaired) electrons. The second kappa shape index (κ2) is 9.05. The first-order chi connectivity index (χ1) is 15.5. The van der Waals surface area contributed by atoms with E-state index in [4.69, 9.17) is 0 Å². The summed E-state index contributed by atoms with van der Waals surface area (Å²) in [5.74, 6) is 0.00442. The normalized spacial score (nSPS) is 11.1. The molecular weight excluding hydrogens is 406 g/mol. The van der Waals surface area contributed by atoms with E-state index in [1.165, 1.54) is 11.6 Å². The van der Waals surface area contributed by atoms with Gasteiger partial charge in [-0.15, -0.1) is 0 Å². The third-order valence-electron chi connectivity index (χ3n) is 5.56. The van der Waals surface area contributed by atoms with Gasteiger partial charge in [0.1, 0.15) is 0 Å². The van der Waals surface area contributed by atoms with Crippen LogP contribution >= 0.6 is 0 Å². The third-order valence-corrected chi connectivity index (χ3v) is 5.56. The topological polar surface area (TPSA) is 82.1 Å². The van der Waals surface area contributed by atoms with Gasteiger partial charge < -0.3 is 9.47 Å². The molecule has 0 spiro atoms. The summed E-state index contributed by atoms with van der Waals surface area (Å²) in [6.45, 7) is 0.935. The van der Waals surface area contributed by atoms with Crippen molar-refractivity contribution < 1.29 is 4.79 Å². The van der Waals surface area contributed by atoms with E-state index < -0.39 is 5.69 Å². The summed E-state index contributed by atoms with van der Waals surface area (Å²) < 4.78 is 4.15. The van der Waals surface area contributed by atoms with Gasteiger partial charge in [-0.1, -0.05) is 48.5 Å². The fourth-order valence-electron chi connectivity index (χ4n) is 3.80. The number of anilines is 1. The molecule has 0 aliphatic rings. The quantitative estimate of drug-likeness (QED) is 0.450. The van der Waals surface area contributed by atoms with Gasteiger partial charge in [-0.3, -0.25) is 18.7 Å². The van der Waals surface area contributed by atoms with Crippen LogP contribution in [0.3, 0.4) is 0 Å². The average molecular weight is 431 g/mol. The van der Waals surface area contributed by atoms with Crippen molar-refractivity contribution in [2.24, 2.45) is 14.1 Å². The molecule has 0 fully saturated rings. The number of aromatic nitrogens is 4. The molecule has 164 valence electrons. The number of nitrogens with zero attached hydrogens (tertiary/aromatic N) is 5. The van der Waals surface area contributed by atoms with Crippen LogP contribution in [0.25, 0.3) is 11.2 Å². The minimum absolute atomic E-state index is 0.00442. The summed E-state index contributed by atoms with van der Waals surface area (Å²) >= 11 is 0.